The molecule has 4 aliphatic carbocycles. The Balaban J connectivity index is 1.23. The van der Waals surface area contributed by atoms with Gasteiger partial charge in [0, 0.05) is 18.8 Å². The Labute approximate surface area is 158 Å². The van der Waals surface area contributed by atoms with E-state index in [1.54, 1.807) is 29.0 Å². The van der Waals surface area contributed by atoms with Crippen LogP contribution in [0.2, 0.25) is 0 Å². The van der Waals surface area contributed by atoms with Crippen molar-refractivity contribution in [1.29, 1.82) is 0 Å². The van der Waals surface area contributed by atoms with Crippen LogP contribution in [-0.2, 0) is 6.54 Å². The largest absolute Gasteiger partial charge is 0.454 e. The minimum atomic E-state index is -0.141. The first-order chi connectivity index (χ1) is 13.1. The molecule has 6 rings (SSSR count). The zero-order valence-electron chi connectivity index (χ0n) is 15.5. The highest BCUT2D eigenvalue weighted by Gasteiger charge is 2.50. The van der Waals surface area contributed by atoms with Crippen LogP contribution in [0, 0.1) is 23.2 Å². The van der Waals surface area contributed by atoms with Gasteiger partial charge < -0.3 is 14.3 Å². The van der Waals surface area contributed by atoms with Gasteiger partial charge in [-0.15, -0.1) is 0 Å². The second-order valence-electron chi connectivity index (χ2n) is 9.03. The number of pyridine rings is 1. The molecule has 5 heteroatoms. The van der Waals surface area contributed by atoms with Crippen molar-refractivity contribution < 1.29 is 9.21 Å². The summed E-state index contributed by atoms with van der Waals surface area (Å²) in [6.07, 6.45) is 9.78. The second kappa shape index (κ2) is 6.39. The van der Waals surface area contributed by atoms with E-state index in [1.807, 2.05) is 6.07 Å². The molecule has 2 aromatic heterocycles. The van der Waals surface area contributed by atoms with Crippen LogP contribution in [0.25, 0.3) is 0 Å². The fourth-order valence-electron chi connectivity index (χ4n) is 6.21. The number of carbonyl (C=O) groups is 1. The maximum atomic E-state index is 12.6. The second-order valence-corrected chi connectivity index (χ2v) is 9.03. The average Bonchev–Trinajstić information content (AvgIpc) is 3.09. The number of carbonyl (C=O) groups excluding carboxylic acids is 1. The average molecular weight is 366 g/mol. The first-order valence-corrected chi connectivity index (χ1v) is 10.1. The van der Waals surface area contributed by atoms with Gasteiger partial charge in [0.05, 0.1) is 6.54 Å². The summed E-state index contributed by atoms with van der Waals surface area (Å²) in [5.74, 6) is 3.45. The molecule has 0 atom stereocenters. The predicted molar refractivity (Wildman–Crippen MR) is 101 cm³/mol. The van der Waals surface area contributed by atoms with Crippen LogP contribution in [0.1, 0.15) is 54.8 Å². The number of aromatic nitrogens is 1. The van der Waals surface area contributed by atoms with E-state index >= 15 is 0 Å². The quantitative estimate of drug-likeness (QED) is 0.882. The summed E-state index contributed by atoms with van der Waals surface area (Å²) >= 11 is 0. The number of furan rings is 1. The number of amides is 1. The first-order valence-electron chi connectivity index (χ1n) is 10.1. The summed E-state index contributed by atoms with van der Waals surface area (Å²) in [5, 5.41) is 3.14. The topological polar surface area (TPSA) is 64.2 Å². The summed E-state index contributed by atoms with van der Waals surface area (Å²) < 4.78 is 7.27. The van der Waals surface area contributed by atoms with E-state index in [9.17, 15) is 9.59 Å². The third-order valence-electron chi connectivity index (χ3n) is 6.90. The molecular weight excluding hydrogens is 340 g/mol. The number of rotatable bonds is 5. The van der Waals surface area contributed by atoms with Crippen LogP contribution in [0.3, 0.4) is 0 Å². The maximum absolute atomic E-state index is 12.6. The molecule has 142 valence electrons. The lowest BCUT2D eigenvalue weighted by Crippen LogP contribution is -2.51. The Morgan fingerprint density at radius 3 is 2.44 bits per heavy atom. The summed E-state index contributed by atoms with van der Waals surface area (Å²) in [5.41, 5.74) is 0.235. The van der Waals surface area contributed by atoms with Gasteiger partial charge in [-0.05, 0) is 79.9 Å². The van der Waals surface area contributed by atoms with E-state index in [-0.39, 0.29) is 11.5 Å². The van der Waals surface area contributed by atoms with Gasteiger partial charge in [0.2, 0.25) is 0 Å². The van der Waals surface area contributed by atoms with E-state index in [2.05, 4.69) is 5.32 Å². The molecule has 1 N–H and O–H groups in total. The Morgan fingerprint density at radius 1 is 1.07 bits per heavy atom. The molecule has 0 radical (unpaired) electrons. The lowest BCUT2D eigenvalue weighted by molar-refractivity contribution is -0.0504. The zero-order valence-corrected chi connectivity index (χ0v) is 15.5. The van der Waals surface area contributed by atoms with Gasteiger partial charge in [-0.25, -0.2) is 0 Å². The highest BCUT2D eigenvalue weighted by molar-refractivity contribution is 5.91. The molecule has 27 heavy (non-hydrogen) atoms. The fraction of sp³-hybridized carbons (Fsp3) is 0.545. The third kappa shape index (κ3) is 3.24. The van der Waals surface area contributed by atoms with Crippen molar-refractivity contribution >= 4 is 5.91 Å². The van der Waals surface area contributed by atoms with Crippen molar-refractivity contribution in [3.63, 3.8) is 0 Å². The third-order valence-corrected chi connectivity index (χ3v) is 6.90. The molecule has 0 aliphatic heterocycles. The Morgan fingerprint density at radius 2 is 1.78 bits per heavy atom. The van der Waals surface area contributed by atoms with Crippen LogP contribution < -0.4 is 10.9 Å². The van der Waals surface area contributed by atoms with Crippen molar-refractivity contribution in [2.45, 2.75) is 45.1 Å². The Kier molecular flexibility index (Phi) is 3.99. The van der Waals surface area contributed by atoms with Crippen LogP contribution in [0.5, 0.6) is 0 Å². The lowest BCUT2D eigenvalue weighted by atomic mass is 9.49. The molecule has 0 spiro atoms. The molecule has 5 nitrogen and oxygen atoms in total. The molecule has 4 fully saturated rings. The number of hydrogen-bond donors (Lipinski definition) is 1. The molecule has 0 saturated heterocycles. The summed E-state index contributed by atoms with van der Waals surface area (Å²) in [6, 6.07) is 8.52. The molecule has 0 aromatic carbocycles. The van der Waals surface area contributed by atoms with Crippen LogP contribution in [0.4, 0.5) is 0 Å². The molecule has 0 unspecified atom stereocenters. The molecule has 1 amide bonds. The number of hydrogen-bond acceptors (Lipinski definition) is 3. The van der Waals surface area contributed by atoms with Crippen molar-refractivity contribution in [3.05, 3.63) is 58.4 Å². The predicted octanol–water partition coefficient (Wildman–Crippen LogP) is 3.44. The Bertz CT molecular complexity index is 875. The van der Waals surface area contributed by atoms with Crippen LogP contribution >= 0.6 is 0 Å². The van der Waals surface area contributed by atoms with Crippen molar-refractivity contribution in [1.82, 2.24) is 9.88 Å². The highest BCUT2D eigenvalue weighted by Crippen LogP contribution is 2.59. The molecule has 2 heterocycles. The lowest BCUT2D eigenvalue weighted by Gasteiger charge is -2.56. The standard InChI is InChI=1S/C22H26N2O3/c25-20-3-1-2-6-24(20)13-18-4-5-19(27-18)21(26)23-14-22-10-15-7-16(11-22)9-17(8-15)12-22/h1-6,15-17H,7-14H2,(H,23,26). The van der Waals surface area contributed by atoms with Crippen molar-refractivity contribution in [2.75, 3.05) is 6.54 Å². The van der Waals surface area contributed by atoms with Gasteiger partial charge >= 0.3 is 0 Å². The van der Waals surface area contributed by atoms with Gasteiger partial charge in [0.15, 0.2) is 5.76 Å². The zero-order chi connectivity index (χ0) is 18.4. The number of nitrogens with zero attached hydrogens (tertiary/aromatic N) is 1. The minimum absolute atomic E-state index is 0.0817. The smallest absolute Gasteiger partial charge is 0.287 e. The SMILES string of the molecule is O=C(NCC12CC3CC(CC(C3)C1)C2)c1ccc(Cn2ccccc2=O)o1. The molecule has 2 aromatic rings. The maximum Gasteiger partial charge on any atom is 0.287 e. The van der Waals surface area contributed by atoms with Gasteiger partial charge in [0.25, 0.3) is 11.5 Å². The molecule has 4 aliphatic rings. The number of nitrogens with one attached hydrogen (secondary N) is 1. The van der Waals surface area contributed by atoms with E-state index in [0.29, 0.717) is 23.5 Å². The van der Waals surface area contributed by atoms with Gasteiger partial charge in [-0.3, -0.25) is 9.59 Å². The summed E-state index contributed by atoms with van der Waals surface area (Å²) in [4.78, 5) is 24.4. The van der Waals surface area contributed by atoms with Crippen LogP contribution in [0.15, 0.2) is 45.7 Å². The van der Waals surface area contributed by atoms with E-state index in [1.165, 1.54) is 44.6 Å². The van der Waals surface area contributed by atoms with E-state index in [0.717, 1.165) is 24.3 Å². The molecular formula is C22H26N2O3. The van der Waals surface area contributed by atoms with Gasteiger partial charge in [-0.2, -0.15) is 0 Å². The van der Waals surface area contributed by atoms with Crippen molar-refractivity contribution in [2.24, 2.45) is 23.2 Å². The summed E-state index contributed by atoms with van der Waals surface area (Å²) in [7, 11) is 0. The van der Waals surface area contributed by atoms with E-state index in [4.69, 9.17) is 4.42 Å². The van der Waals surface area contributed by atoms with E-state index < -0.39 is 0 Å². The van der Waals surface area contributed by atoms with Crippen LogP contribution in [-0.4, -0.2) is 17.0 Å². The highest BCUT2D eigenvalue weighted by atomic mass is 16.4. The van der Waals surface area contributed by atoms with Gasteiger partial charge in [-0.1, -0.05) is 6.07 Å². The molecule has 4 bridgehead atoms. The minimum Gasteiger partial charge on any atom is -0.454 e. The first kappa shape index (κ1) is 16.8. The summed E-state index contributed by atoms with van der Waals surface area (Å²) in [6.45, 7) is 1.10. The normalized spacial score (nSPS) is 31.2. The monoisotopic (exact) mass is 366 g/mol. The Hall–Kier alpha value is -2.30. The fourth-order valence-corrected chi connectivity index (χ4v) is 6.21. The molecule has 4 saturated carbocycles. The van der Waals surface area contributed by atoms with Crippen molar-refractivity contribution in [3.8, 4) is 0 Å². The van der Waals surface area contributed by atoms with Gasteiger partial charge in [0.1, 0.15) is 5.76 Å².